The Morgan fingerprint density at radius 2 is 2.58 bits per heavy atom. The molecule has 1 fully saturated rings. The molecule has 1 saturated heterocycles. The van der Waals surface area contributed by atoms with E-state index >= 15 is 0 Å². The smallest absolute Gasteiger partial charge is 0.248 e. The zero-order chi connectivity index (χ0) is 8.97. The fourth-order valence-corrected chi connectivity index (χ4v) is 1.28. The van der Waals surface area contributed by atoms with Gasteiger partial charge in [0.2, 0.25) is 5.91 Å². The molecule has 0 aromatic heterocycles. The van der Waals surface area contributed by atoms with Gasteiger partial charge in [-0.2, -0.15) is 0 Å². The molecule has 70 valence electrons. The number of hydrogen-bond donors (Lipinski definition) is 3. The molecule has 4 heteroatoms. The van der Waals surface area contributed by atoms with Gasteiger partial charge in [0.25, 0.3) is 0 Å². The van der Waals surface area contributed by atoms with Crippen LogP contribution in [0, 0.1) is 5.92 Å². The average molecular weight is 172 g/mol. The highest BCUT2D eigenvalue weighted by molar-refractivity contribution is 5.79. The molecule has 1 amide bonds. The molecule has 0 aromatic rings. The predicted octanol–water partition coefficient (Wildman–Crippen LogP) is -0.907. The third kappa shape index (κ3) is 2.79. The maximum absolute atomic E-state index is 10.9. The van der Waals surface area contributed by atoms with Crippen LogP contribution < -0.4 is 10.6 Å². The summed E-state index contributed by atoms with van der Waals surface area (Å²) in [7, 11) is 0. The topological polar surface area (TPSA) is 61.4 Å². The molecule has 1 aliphatic rings. The van der Waals surface area contributed by atoms with Crippen LogP contribution in [-0.4, -0.2) is 36.8 Å². The van der Waals surface area contributed by atoms with E-state index in [0.29, 0.717) is 12.5 Å². The van der Waals surface area contributed by atoms with Crippen LogP contribution in [0.4, 0.5) is 0 Å². The molecule has 1 aliphatic heterocycles. The zero-order valence-corrected chi connectivity index (χ0v) is 7.34. The summed E-state index contributed by atoms with van der Waals surface area (Å²) in [6, 6.07) is 0. The van der Waals surface area contributed by atoms with Crippen molar-refractivity contribution in [2.75, 3.05) is 19.6 Å². The fraction of sp³-hybridized carbons (Fsp3) is 0.875. The van der Waals surface area contributed by atoms with Crippen LogP contribution in [0.1, 0.15) is 13.3 Å². The Bertz CT molecular complexity index is 153. The first-order valence-corrected chi connectivity index (χ1v) is 4.36. The van der Waals surface area contributed by atoms with Gasteiger partial charge in [0.15, 0.2) is 0 Å². The number of carbonyl (C=O) groups excluding carboxylic acids is 1. The van der Waals surface area contributed by atoms with Crippen molar-refractivity contribution in [3.05, 3.63) is 0 Å². The Kier molecular flexibility index (Phi) is 3.49. The minimum atomic E-state index is -0.889. The summed E-state index contributed by atoms with van der Waals surface area (Å²) in [6.07, 6.45) is 0.222. The molecule has 1 unspecified atom stereocenters. The lowest BCUT2D eigenvalue weighted by Gasteiger charge is -2.10. The second kappa shape index (κ2) is 4.42. The molecule has 0 radical (unpaired) electrons. The van der Waals surface area contributed by atoms with E-state index in [9.17, 15) is 4.79 Å². The van der Waals surface area contributed by atoms with Crippen LogP contribution in [-0.2, 0) is 4.79 Å². The van der Waals surface area contributed by atoms with Crippen molar-refractivity contribution < 1.29 is 9.90 Å². The van der Waals surface area contributed by atoms with Gasteiger partial charge < -0.3 is 15.7 Å². The summed E-state index contributed by atoms with van der Waals surface area (Å²) in [5.41, 5.74) is 0. The highest BCUT2D eigenvalue weighted by Crippen LogP contribution is 2.04. The number of nitrogens with one attached hydrogen (secondary N) is 2. The van der Waals surface area contributed by atoms with Gasteiger partial charge in [0.05, 0.1) is 0 Å². The number of aliphatic hydroxyl groups excluding tert-OH is 1. The number of carbonyl (C=O) groups is 1. The first-order chi connectivity index (χ1) is 5.70. The molecule has 0 saturated carbocycles. The molecule has 2 atom stereocenters. The van der Waals surface area contributed by atoms with Gasteiger partial charge in [-0.05, 0) is 32.4 Å². The minimum Gasteiger partial charge on any atom is -0.384 e. The van der Waals surface area contributed by atoms with Crippen LogP contribution >= 0.6 is 0 Å². The van der Waals surface area contributed by atoms with Crippen molar-refractivity contribution in [2.45, 2.75) is 19.4 Å². The van der Waals surface area contributed by atoms with Crippen molar-refractivity contribution >= 4 is 5.91 Å². The Labute approximate surface area is 72.3 Å². The monoisotopic (exact) mass is 172 g/mol. The zero-order valence-electron chi connectivity index (χ0n) is 7.34. The molecular weight excluding hydrogens is 156 g/mol. The number of aliphatic hydroxyl groups is 1. The van der Waals surface area contributed by atoms with E-state index in [4.69, 9.17) is 5.11 Å². The van der Waals surface area contributed by atoms with Crippen molar-refractivity contribution in [1.82, 2.24) is 10.6 Å². The van der Waals surface area contributed by atoms with Crippen molar-refractivity contribution in [3.8, 4) is 0 Å². The fourth-order valence-electron chi connectivity index (χ4n) is 1.28. The highest BCUT2D eigenvalue weighted by atomic mass is 16.3. The van der Waals surface area contributed by atoms with Gasteiger partial charge in [0, 0.05) is 6.54 Å². The molecule has 3 N–H and O–H groups in total. The minimum absolute atomic E-state index is 0.276. The lowest BCUT2D eigenvalue weighted by molar-refractivity contribution is -0.128. The quantitative estimate of drug-likeness (QED) is 0.516. The van der Waals surface area contributed by atoms with Gasteiger partial charge in [0.1, 0.15) is 6.10 Å². The van der Waals surface area contributed by atoms with E-state index < -0.39 is 6.10 Å². The maximum Gasteiger partial charge on any atom is 0.248 e. The lowest BCUT2D eigenvalue weighted by Crippen LogP contribution is -2.36. The highest BCUT2D eigenvalue weighted by Gasteiger charge is 2.16. The third-order valence-electron chi connectivity index (χ3n) is 2.11. The Balaban J connectivity index is 2.12. The SMILES string of the molecule is C[C@@H](O)C(=O)NCC1CCNC1. The van der Waals surface area contributed by atoms with E-state index in [2.05, 4.69) is 10.6 Å². The van der Waals surface area contributed by atoms with Crippen molar-refractivity contribution in [2.24, 2.45) is 5.92 Å². The van der Waals surface area contributed by atoms with Crippen LogP contribution in [0.2, 0.25) is 0 Å². The molecular formula is C8H16N2O2. The van der Waals surface area contributed by atoms with Crippen molar-refractivity contribution in [1.29, 1.82) is 0 Å². The second-order valence-corrected chi connectivity index (χ2v) is 3.28. The average Bonchev–Trinajstić information content (AvgIpc) is 2.51. The molecule has 0 spiro atoms. The molecule has 1 rings (SSSR count). The molecule has 0 aliphatic carbocycles. The van der Waals surface area contributed by atoms with E-state index in [-0.39, 0.29) is 5.91 Å². The molecule has 1 heterocycles. The molecule has 4 nitrogen and oxygen atoms in total. The van der Waals surface area contributed by atoms with Gasteiger partial charge in [-0.1, -0.05) is 0 Å². The summed E-state index contributed by atoms with van der Waals surface area (Å²) in [6.45, 7) is 4.16. The summed E-state index contributed by atoms with van der Waals surface area (Å²) in [4.78, 5) is 10.9. The molecule has 0 aromatic carbocycles. The number of hydrogen-bond acceptors (Lipinski definition) is 3. The van der Waals surface area contributed by atoms with Crippen LogP contribution in [0.3, 0.4) is 0 Å². The van der Waals surface area contributed by atoms with Crippen LogP contribution in [0.25, 0.3) is 0 Å². The first kappa shape index (κ1) is 9.48. The summed E-state index contributed by atoms with van der Waals surface area (Å²) in [5, 5.41) is 14.8. The van der Waals surface area contributed by atoms with E-state index in [1.54, 1.807) is 0 Å². The number of rotatable bonds is 3. The standard InChI is InChI=1S/C8H16N2O2/c1-6(11)8(12)10-5-7-2-3-9-4-7/h6-7,9,11H,2-5H2,1H3,(H,10,12)/t6-,7?/m1/s1. The van der Waals surface area contributed by atoms with Gasteiger partial charge >= 0.3 is 0 Å². The van der Waals surface area contributed by atoms with E-state index in [1.165, 1.54) is 6.92 Å². The normalized spacial score (nSPS) is 25.3. The second-order valence-electron chi connectivity index (χ2n) is 3.28. The van der Waals surface area contributed by atoms with E-state index in [0.717, 1.165) is 19.5 Å². The van der Waals surface area contributed by atoms with Crippen LogP contribution in [0.15, 0.2) is 0 Å². The Morgan fingerprint density at radius 1 is 1.83 bits per heavy atom. The number of amides is 1. The largest absolute Gasteiger partial charge is 0.384 e. The van der Waals surface area contributed by atoms with Gasteiger partial charge in [-0.15, -0.1) is 0 Å². The predicted molar refractivity (Wildman–Crippen MR) is 45.7 cm³/mol. The van der Waals surface area contributed by atoms with Gasteiger partial charge in [-0.3, -0.25) is 4.79 Å². The lowest BCUT2D eigenvalue weighted by atomic mass is 10.1. The Morgan fingerprint density at radius 3 is 3.08 bits per heavy atom. The summed E-state index contributed by atoms with van der Waals surface area (Å²) < 4.78 is 0. The maximum atomic E-state index is 10.9. The summed E-state index contributed by atoms with van der Waals surface area (Å²) in [5.74, 6) is 0.259. The summed E-state index contributed by atoms with van der Waals surface area (Å²) >= 11 is 0. The Hall–Kier alpha value is -0.610. The first-order valence-electron chi connectivity index (χ1n) is 4.36. The van der Waals surface area contributed by atoms with Gasteiger partial charge in [-0.25, -0.2) is 0 Å². The van der Waals surface area contributed by atoms with Crippen LogP contribution in [0.5, 0.6) is 0 Å². The third-order valence-corrected chi connectivity index (χ3v) is 2.11. The molecule has 12 heavy (non-hydrogen) atoms. The molecule has 0 bridgehead atoms. The van der Waals surface area contributed by atoms with Crippen molar-refractivity contribution in [3.63, 3.8) is 0 Å². The van der Waals surface area contributed by atoms with E-state index in [1.807, 2.05) is 0 Å².